The molecule has 0 radical (unpaired) electrons. The van der Waals surface area contributed by atoms with E-state index in [1.165, 1.54) is 19.3 Å². The van der Waals surface area contributed by atoms with E-state index in [0.717, 1.165) is 19.5 Å². The molecule has 0 aliphatic heterocycles. The van der Waals surface area contributed by atoms with Gasteiger partial charge in [-0.25, -0.2) is 0 Å². The molecule has 2 N–H and O–H groups in total. The molecule has 0 aromatic heterocycles. The van der Waals surface area contributed by atoms with Gasteiger partial charge in [0.25, 0.3) is 0 Å². The van der Waals surface area contributed by atoms with Gasteiger partial charge in [0.05, 0.1) is 0 Å². The molecular weight excluding hydrogens is 152 g/mol. The molecule has 70 valence electrons. The molecule has 1 saturated carbocycles. The van der Waals surface area contributed by atoms with Crippen molar-refractivity contribution in [2.45, 2.75) is 25.7 Å². The zero-order valence-electron chi connectivity index (χ0n) is 7.73. The van der Waals surface area contributed by atoms with E-state index in [4.69, 9.17) is 0 Å². The summed E-state index contributed by atoms with van der Waals surface area (Å²) in [6.45, 7) is 1.61. The average Bonchev–Trinajstić information content (AvgIpc) is 1.98. The third-order valence-corrected chi connectivity index (χ3v) is 2.40. The Labute approximate surface area is 73.9 Å². The van der Waals surface area contributed by atoms with Gasteiger partial charge >= 0.3 is 0 Å². The first-order valence-electron chi connectivity index (χ1n) is 4.74. The molecule has 0 heterocycles. The average molecular weight is 170 g/mol. The quantitative estimate of drug-likeness (QED) is 0.590. The normalized spacial score (nSPS) is 17.1. The first-order chi connectivity index (χ1) is 5.83. The summed E-state index contributed by atoms with van der Waals surface area (Å²) in [5, 5.41) is 5.87. The third kappa shape index (κ3) is 3.22. The number of carbonyl (C=O) groups is 1. The highest BCUT2D eigenvalue weighted by molar-refractivity contribution is 5.76. The minimum absolute atomic E-state index is 0.218. The summed E-state index contributed by atoms with van der Waals surface area (Å²) in [5.41, 5.74) is 0. The fraction of sp³-hybridized carbons (Fsp3) is 0.889. The van der Waals surface area contributed by atoms with Gasteiger partial charge in [-0.2, -0.15) is 0 Å². The predicted molar refractivity (Wildman–Crippen MR) is 48.9 cm³/mol. The van der Waals surface area contributed by atoms with Crippen LogP contribution >= 0.6 is 0 Å². The Morgan fingerprint density at radius 3 is 2.67 bits per heavy atom. The number of carbonyl (C=O) groups excluding carboxylic acids is 1. The molecule has 3 heteroatoms. The number of rotatable bonds is 5. The van der Waals surface area contributed by atoms with Gasteiger partial charge < -0.3 is 10.6 Å². The third-order valence-electron chi connectivity index (χ3n) is 2.40. The Kier molecular flexibility index (Phi) is 4.08. The molecule has 1 rings (SSSR count). The molecule has 1 aliphatic carbocycles. The van der Waals surface area contributed by atoms with Crippen LogP contribution in [0.5, 0.6) is 0 Å². The van der Waals surface area contributed by atoms with Crippen LogP contribution in [0.2, 0.25) is 0 Å². The highest BCUT2D eigenvalue weighted by Gasteiger charge is 2.19. The van der Waals surface area contributed by atoms with Crippen LogP contribution in [0, 0.1) is 5.92 Å². The van der Waals surface area contributed by atoms with Gasteiger partial charge in [-0.3, -0.25) is 4.79 Å². The minimum Gasteiger partial charge on any atom is -0.355 e. The predicted octanol–water partition coefficient (Wildman–Crippen LogP) is 0.512. The van der Waals surface area contributed by atoms with E-state index in [-0.39, 0.29) is 5.91 Å². The number of nitrogens with one attached hydrogen (secondary N) is 2. The van der Waals surface area contributed by atoms with Crippen molar-refractivity contribution in [2.75, 3.05) is 20.1 Å². The highest BCUT2D eigenvalue weighted by atomic mass is 16.1. The summed E-state index contributed by atoms with van der Waals surface area (Å²) < 4.78 is 0. The van der Waals surface area contributed by atoms with Crippen LogP contribution in [-0.2, 0) is 4.79 Å². The topological polar surface area (TPSA) is 41.1 Å². The largest absolute Gasteiger partial charge is 0.355 e. The standard InChI is InChI=1S/C9H18N2O/c1-10-5-6-11-9(12)7-8-3-2-4-8/h8,10H,2-7H2,1H3,(H,11,12). The van der Waals surface area contributed by atoms with Gasteiger partial charge in [-0.05, 0) is 25.8 Å². The van der Waals surface area contributed by atoms with E-state index in [1.807, 2.05) is 7.05 Å². The van der Waals surface area contributed by atoms with Gasteiger partial charge in [0.2, 0.25) is 5.91 Å². The summed E-state index contributed by atoms with van der Waals surface area (Å²) in [4.78, 5) is 11.2. The highest BCUT2D eigenvalue weighted by Crippen LogP contribution is 2.28. The summed E-state index contributed by atoms with van der Waals surface area (Å²) >= 11 is 0. The summed E-state index contributed by atoms with van der Waals surface area (Å²) in [6, 6.07) is 0. The molecule has 0 unspecified atom stereocenters. The van der Waals surface area contributed by atoms with E-state index >= 15 is 0 Å². The number of hydrogen-bond donors (Lipinski definition) is 2. The molecule has 0 bridgehead atoms. The lowest BCUT2D eigenvalue weighted by molar-refractivity contribution is -0.122. The molecule has 0 saturated heterocycles. The Morgan fingerprint density at radius 1 is 1.42 bits per heavy atom. The molecule has 12 heavy (non-hydrogen) atoms. The van der Waals surface area contributed by atoms with Crippen LogP contribution in [0.4, 0.5) is 0 Å². The van der Waals surface area contributed by atoms with Crippen LogP contribution in [0.1, 0.15) is 25.7 Å². The van der Waals surface area contributed by atoms with Gasteiger partial charge in [0.15, 0.2) is 0 Å². The Bertz CT molecular complexity index is 143. The fourth-order valence-electron chi connectivity index (χ4n) is 1.36. The first kappa shape index (κ1) is 9.52. The maximum Gasteiger partial charge on any atom is 0.220 e. The minimum atomic E-state index is 0.218. The molecule has 1 amide bonds. The van der Waals surface area contributed by atoms with Crippen LogP contribution in [0.3, 0.4) is 0 Å². The molecule has 0 aromatic rings. The SMILES string of the molecule is CNCCNC(=O)CC1CCC1. The summed E-state index contributed by atoms with van der Waals surface area (Å²) in [5.74, 6) is 0.898. The number of amides is 1. The van der Waals surface area contributed by atoms with E-state index in [9.17, 15) is 4.79 Å². The van der Waals surface area contributed by atoms with Crippen molar-refractivity contribution in [3.05, 3.63) is 0 Å². The number of likely N-dealkylation sites (N-methyl/N-ethyl adjacent to an activating group) is 1. The Morgan fingerprint density at radius 2 is 2.17 bits per heavy atom. The van der Waals surface area contributed by atoms with Gasteiger partial charge in [0.1, 0.15) is 0 Å². The molecule has 1 aliphatic rings. The molecule has 1 fully saturated rings. The summed E-state index contributed by atoms with van der Waals surface area (Å²) in [6.07, 6.45) is 4.55. The van der Waals surface area contributed by atoms with Gasteiger partial charge in [-0.15, -0.1) is 0 Å². The molecular formula is C9H18N2O. The second kappa shape index (κ2) is 5.14. The molecule has 0 spiro atoms. The lowest BCUT2D eigenvalue weighted by atomic mass is 9.83. The van der Waals surface area contributed by atoms with Crippen LogP contribution in [0.15, 0.2) is 0 Å². The molecule has 0 atom stereocenters. The van der Waals surface area contributed by atoms with Crippen LogP contribution in [-0.4, -0.2) is 26.0 Å². The van der Waals surface area contributed by atoms with Crippen molar-refractivity contribution in [1.82, 2.24) is 10.6 Å². The van der Waals surface area contributed by atoms with E-state index in [0.29, 0.717) is 5.92 Å². The van der Waals surface area contributed by atoms with Crippen molar-refractivity contribution < 1.29 is 4.79 Å². The van der Waals surface area contributed by atoms with Crippen LogP contribution in [0.25, 0.3) is 0 Å². The second-order valence-corrected chi connectivity index (χ2v) is 3.45. The zero-order valence-corrected chi connectivity index (χ0v) is 7.73. The smallest absolute Gasteiger partial charge is 0.220 e. The lowest BCUT2D eigenvalue weighted by Crippen LogP contribution is -2.32. The lowest BCUT2D eigenvalue weighted by Gasteiger charge is -2.24. The molecule has 0 aromatic carbocycles. The van der Waals surface area contributed by atoms with Gasteiger partial charge in [0, 0.05) is 19.5 Å². The maximum atomic E-state index is 11.2. The van der Waals surface area contributed by atoms with E-state index in [2.05, 4.69) is 10.6 Å². The van der Waals surface area contributed by atoms with E-state index in [1.54, 1.807) is 0 Å². The Balaban J connectivity index is 1.95. The Hall–Kier alpha value is -0.570. The first-order valence-corrected chi connectivity index (χ1v) is 4.74. The van der Waals surface area contributed by atoms with Gasteiger partial charge in [-0.1, -0.05) is 6.42 Å². The summed E-state index contributed by atoms with van der Waals surface area (Å²) in [7, 11) is 1.89. The maximum absolute atomic E-state index is 11.2. The van der Waals surface area contributed by atoms with Crippen molar-refractivity contribution in [1.29, 1.82) is 0 Å². The monoisotopic (exact) mass is 170 g/mol. The second-order valence-electron chi connectivity index (χ2n) is 3.45. The van der Waals surface area contributed by atoms with Crippen molar-refractivity contribution in [3.8, 4) is 0 Å². The van der Waals surface area contributed by atoms with Crippen molar-refractivity contribution >= 4 is 5.91 Å². The van der Waals surface area contributed by atoms with Crippen LogP contribution < -0.4 is 10.6 Å². The molecule has 3 nitrogen and oxygen atoms in total. The van der Waals surface area contributed by atoms with Crippen molar-refractivity contribution in [3.63, 3.8) is 0 Å². The fourth-order valence-corrected chi connectivity index (χ4v) is 1.36. The van der Waals surface area contributed by atoms with Crippen molar-refractivity contribution in [2.24, 2.45) is 5.92 Å². The zero-order chi connectivity index (χ0) is 8.81. The van der Waals surface area contributed by atoms with E-state index < -0.39 is 0 Å². The number of hydrogen-bond acceptors (Lipinski definition) is 2.